The van der Waals surface area contributed by atoms with E-state index in [0.29, 0.717) is 0 Å². The normalized spacial score (nSPS) is 21.8. The van der Waals surface area contributed by atoms with E-state index in [9.17, 15) is 4.79 Å². The number of urea groups is 1. The number of piperidine rings is 1. The van der Waals surface area contributed by atoms with Crippen LogP contribution in [0.15, 0.2) is 30.3 Å². The average molecular weight is 302 g/mol. The predicted octanol–water partition coefficient (Wildman–Crippen LogP) is 3.49. The Morgan fingerprint density at radius 1 is 1.27 bits per heavy atom. The average Bonchev–Trinajstić information content (AvgIpc) is 3.02. The third-order valence-corrected chi connectivity index (χ3v) is 5.05. The third-order valence-electron chi connectivity index (χ3n) is 5.05. The van der Waals surface area contributed by atoms with Gasteiger partial charge in [0.1, 0.15) is 0 Å². The van der Waals surface area contributed by atoms with E-state index in [4.69, 9.17) is 4.74 Å². The second kappa shape index (κ2) is 6.69. The highest BCUT2D eigenvalue weighted by Crippen LogP contribution is 2.35. The van der Waals surface area contributed by atoms with Crippen LogP contribution in [-0.4, -0.2) is 36.2 Å². The lowest BCUT2D eigenvalue weighted by Crippen LogP contribution is -2.50. The summed E-state index contributed by atoms with van der Waals surface area (Å²) in [7, 11) is 0. The summed E-state index contributed by atoms with van der Waals surface area (Å²) >= 11 is 0. The van der Waals surface area contributed by atoms with E-state index in [-0.39, 0.29) is 17.7 Å². The maximum atomic E-state index is 12.5. The fourth-order valence-corrected chi connectivity index (χ4v) is 3.61. The largest absolute Gasteiger partial charge is 0.375 e. The molecule has 2 saturated heterocycles. The van der Waals surface area contributed by atoms with Crippen molar-refractivity contribution in [1.82, 2.24) is 10.2 Å². The lowest BCUT2D eigenvalue weighted by Gasteiger charge is -2.39. The van der Waals surface area contributed by atoms with Gasteiger partial charge in [-0.3, -0.25) is 0 Å². The number of ether oxygens (including phenoxy) is 1. The minimum Gasteiger partial charge on any atom is -0.375 e. The summed E-state index contributed by atoms with van der Waals surface area (Å²) in [4.78, 5) is 14.5. The zero-order valence-electron chi connectivity index (χ0n) is 13.4. The van der Waals surface area contributed by atoms with E-state index >= 15 is 0 Å². The zero-order chi connectivity index (χ0) is 15.4. The van der Waals surface area contributed by atoms with Gasteiger partial charge in [0.15, 0.2) is 0 Å². The van der Waals surface area contributed by atoms with E-state index in [2.05, 4.69) is 24.4 Å². The van der Waals surface area contributed by atoms with Crippen LogP contribution < -0.4 is 5.32 Å². The van der Waals surface area contributed by atoms with Gasteiger partial charge in [0.25, 0.3) is 0 Å². The van der Waals surface area contributed by atoms with Gasteiger partial charge in [0, 0.05) is 19.7 Å². The van der Waals surface area contributed by atoms with E-state index < -0.39 is 0 Å². The number of likely N-dealkylation sites (tertiary alicyclic amines) is 1. The molecule has 1 aromatic carbocycles. The van der Waals surface area contributed by atoms with Crippen molar-refractivity contribution in [3.05, 3.63) is 35.9 Å². The summed E-state index contributed by atoms with van der Waals surface area (Å²) in [5.74, 6) is 0. The van der Waals surface area contributed by atoms with Crippen LogP contribution in [0, 0.1) is 0 Å². The Hall–Kier alpha value is -1.55. The van der Waals surface area contributed by atoms with Gasteiger partial charge < -0.3 is 15.0 Å². The Labute approximate surface area is 132 Å². The maximum absolute atomic E-state index is 12.5. The topological polar surface area (TPSA) is 41.6 Å². The van der Waals surface area contributed by atoms with Crippen LogP contribution in [0.2, 0.25) is 0 Å². The summed E-state index contributed by atoms with van der Waals surface area (Å²) in [6, 6.07) is 10.3. The predicted molar refractivity (Wildman–Crippen MR) is 86.7 cm³/mol. The molecule has 2 fully saturated rings. The summed E-state index contributed by atoms with van der Waals surface area (Å²) in [6.07, 6.45) is 5.17. The van der Waals surface area contributed by atoms with Gasteiger partial charge in [-0.05, 0) is 37.7 Å². The summed E-state index contributed by atoms with van der Waals surface area (Å²) in [6.45, 7) is 4.60. The summed E-state index contributed by atoms with van der Waals surface area (Å²) in [5.41, 5.74) is 1.24. The van der Waals surface area contributed by atoms with Gasteiger partial charge in [-0.25, -0.2) is 4.79 Å². The molecule has 0 saturated carbocycles. The lowest BCUT2D eigenvalue weighted by atomic mass is 9.89. The highest BCUT2D eigenvalue weighted by molar-refractivity contribution is 5.74. The molecule has 2 heterocycles. The summed E-state index contributed by atoms with van der Waals surface area (Å²) in [5, 5.41) is 3.18. The van der Waals surface area contributed by atoms with E-state index in [1.807, 2.05) is 23.1 Å². The molecule has 22 heavy (non-hydrogen) atoms. The molecular formula is C18H26N2O2. The van der Waals surface area contributed by atoms with Gasteiger partial charge in [-0.1, -0.05) is 37.3 Å². The first-order valence-corrected chi connectivity index (χ1v) is 8.47. The second-order valence-electron chi connectivity index (χ2n) is 6.44. The Morgan fingerprint density at radius 3 is 2.59 bits per heavy atom. The van der Waals surface area contributed by atoms with Crippen molar-refractivity contribution in [2.75, 3.05) is 19.7 Å². The number of carbonyl (C=O) groups excluding carboxylic acids is 1. The number of nitrogens with zero attached hydrogens (tertiary/aromatic N) is 1. The Kier molecular flexibility index (Phi) is 4.67. The van der Waals surface area contributed by atoms with Crippen LogP contribution >= 0.6 is 0 Å². The van der Waals surface area contributed by atoms with Crippen molar-refractivity contribution < 1.29 is 9.53 Å². The molecule has 0 radical (unpaired) electrons. The van der Waals surface area contributed by atoms with Crippen molar-refractivity contribution in [1.29, 1.82) is 0 Å². The van der Waals surface area contributed by atoms with Gasteiger partial charge in [-0.2, -0.15) is 0 Å². The van der Waals surface area contributed by atoms with Gasteiger partial charge in [-0.15, -0.1) is 0 Å². The van der Waals surface area contributed by atoms with E-state index in [1.165, 1.54) is 5.56 Å². The number of nitrogens with one attached hydrogen (secondary N) is 1. The molecule has 0 bridgehead atoms. The van der Waals surface area contributed by atoms with E-state index in [1.54, 1.807) is 0 Å². The van der Waals surface area contributed by atoms with Crippen LogP contribution in [0.3, 0.4) is 0 Å². The minimum absolute atomic E-state index is 0.0588. The molecule has 0 unspecified atom stereocenters. The molecule has 120 valence electrons. The molecule has 2 amide bonds. The number of benzene rings is 1. The van der Waals surface area contributed by atoms with Crippen LogP contribution in [-0.2, 0) is 4.74 Å². The number of carbonyl (C=O) groups is 1. The van der Waals surface area contributed by atoms with Gasteiger partial charge in [0.2, 0.25) is 0 Å². The highest BCUT2D eigenvalue weighted by atomic mass is 16.5. The number of amides is 2. The standard InChI is InChI=1S/C18H26N2O2/c1-2-16(15-7-4-3-5-8-15)19-17(21)20-12-10-18(11-13-20)9-6-14-22-18/h3-5,7-8,16H,2,6,9-14H2,1H3,(H,19,21)/t16-/m1/s1. The number of hydrogen-bond donors (Lipinski definition) is 1. The maximum Gasteiger partial charge on any atom is 0.317 e. The van der Waals surface area contributed by atoms with Crippen LogP contribution in [0.5, 0.6) is 0 Å². The molecule has 3 rings (SSSR count). The fraction of sp³-hybridized carbons (Fsp3) is 0.611. The molecule has 2 aliphatic heterocycles. The first-order valence-electron chi connectivity index (χ1n) is 8.47. The SMILES string of the molecule is CC[C@@H](NC(=O)N1CCC2(CCCO2)CC1)c1ccccc1. The Morgan fingerprint density at radius 2 is 2.00 bits per heavy atom. The highest BCUT2D eigenvalue weighted by Gasteiger charge is 2.39. The summed E-state index contributed by atoms with van der Waals surface area (Å²) < 4.78 is 5.92. The zero-order valence-corrected chi connectivity index (χ0v) is 13.4. The number of rotatable bonds is 3. The molecule has 1 N–H and O–H groups in total. The fourth-order valence-electron chi connectivity index (χ4n) is 3.61. The minimum atomic E-state index is 0.0588. The molecule has 0 aromatic heterocycles. The molecule has 4 heteroatoms. The van der Waals surface area contributed by atoms with Crippen molar-refractivity contribution in [3.63, 3.8) is 0 Å². The van der Waals surface area contributed by atoms with Crippen molar-refractivity contribution in [2.24, 2.45) is 0 Å². The Bertz CT molecular complexity index is 487. The van der Waals surface area contributed by atoms with Crippen molar-refractivity contribution in [2.45, 2.75) is 50.7 Å². The van der Waals surface area contributed by atoms with Crippen molar-refractivity contribution in [3.8, 4) is 0 Å². The first kappa shape index (κ1) is 15.3. The molecular weight excluding hydrogens is 276 g/mol. The van der Waals surface area contributed by atoms with Crippen molar-refractivity contribution >= 4 is 6.03 Å². The van der Waals surface area contributed by atoms with E-state index in [0.717, 1.165) is 51.8 Å². The first-order chi connectivity index (χ1) is 10.7. The molecule has 1 spiro atoms. The monoisotopic (exact) mass is 302 g/mol. The van der Waals surface area contributed by atoms with Crippen LogP contribution in [0.25, 0.3) is 0 Å². The molecule has 4 nitrogen and oxygen atoms in total. The molecule has 2 aliphatic rings. The Balaban J connectivity index is 1.56. The van der Waals surface area contributed by atoms with Crippen LogP contribution in [0.1, 0.15) is 50.6 Å². The van der Waals surface area contributed by atoms with Gasteiger partial charge in [0.05, 0.1) is 11.6 Å². The van der Waals surface area contributed by atoms with Crippen LogP contribution in [0.4, 0.5) is 4.79 Å². The molecule has 0 aliphatic carbocycles. The second-order valence-corrected chi connectivity index (χ2v) is 6.44. The van der Waals surface area contributed by atoms with Gasteiger partial charge >= 0.3 is 6.03 Å². The quantitative estimate of drug-likeness (QED) is 0.928. The number of hydrogen-bond acceptors (Lipinski definition) is 2. The third kappa shape index (κ3) is 3.27. The molecule has 1 atom stereocenters. The lowest BCUT2D eigenvalue weighted by molar-refractivity contribution is -0.0362. The molecule has 1 aromatic rings. The smallest absolute Gasteiger partial charge is 0.317 e.